The predicted molar refractivity (Wildman–Crippen MR) is 111 cm³/mol. The fourth-order valence-corrected chi connectivity index (χ4v) is 3.95. The molecule has 0 radical (unpaired) electrons. The number of rotatable bonds is 6. The molecule has 0 aliphatic heterocycles. The Balaban J connectivity index is 2.55. The van der Waals surface area contributed by atoms with Crippen LogP contribution in [0, 0.1) is 0 Å². The molecule has 2 atom stereocenters. The maximum Gasteiger partial charge on any atom is 0.192 e. The van der Waals surface area contributed by atoms with Crippen molar-refractivity contribution in [1.29, 1.82) is 0 Å². The number of azide groups is 1. The average Bonchev–Trinajstić information content (AvgIpc) is 2.58. The standard InChI is InChI=1S/C20H26ClN3OSi/c1-20(2,3)26(4,5)25-19(15-10-7-6-8-11-15)18(23-24-22)16-12-9-13-17(21)14-16/h6-14,18-19H,1-5H3/t18-,19+/m1/s1. The van der Waals surface area contributed by atoms with Crippen LogP contribution in [0.2, 0.25) is 23.2 Å². The summed E-state index contributed by atoms with van der Waals surface area (Å²) in [6.07, 6.45) is -0.369. The highest BCUT2D eigenvalue weighted by atomic mass is 35.5. The van der Waals surface area contributed by atoms with Crippen LogP contribution in [-0.2, 0) is 4.43 Å². The molecular formula is C20H26ClN3OSi. The number of hydrogen-bond acceptors (Lipinski definition) is 2. The Morgan fingerprint density at radius 2 is 1.65 bits per heavy atom. The van der Waals surface area contributed by atoms with Crippen molar-refractivity contribution in [3.8, 4) is 0 Å². The lowest BCUT2D eigenvalue weighted by Gasteiger charge is -2.41. The van der Waals surface area contributed by atoms with E-state index in [1.165, 1.54) is 0 Å². The maximum absolute atomic E-state index is 9.20. The van der Waals surface area contributed by atoms with Crippen LogP contribution >= 0.6 is 11.6 Å². The molecule has 0 aromatic heterocycles. The molecule has 0 saturated carbocycles. The number of benzene rings is 2. The molecule has 0 bridgehead atoms. The fourth-order valence-electron chi connectivity index (χ4n) is 2.50. The molecule has 26 heavy (non-hydrogen) atoms. The van der Waals surface area contributed by atoms with E-state index in [9.17, 15) is 5.53 Å². The third kappa shape index (κ3) is 4.89. The van der Waals surface area contributed by atoms with Gasteiger partial charge in [-0.05, 0) is 46.9 Å². The Hall–Kier alpha value is -1.78. The van der Waals surface area contributed by atoms with Gasteiger partial charge < -0.3 is 4.43 Å². The average molecular weight is 388 g/mol. The quantitative estimate of drug-likeness (QED) is 0.219. The minimum Gasteiger partial charge on any atom is -0.409 e. The molecule has 0 aliphatic rings. The van der Waals surface area contributed by atoms with E-state index >= 15 is 0 Å². The van der Waals surface area contributed by atoms with Gasteiger partial charge in [0.15, 0.2) is 8.32 Å². The smallest absolute Gasteiger partial charge is 0.192 e. The Kier molecular flexibility index (Phi) is 6.53. The van der Waals surface area contributed by atoms with Gasteiger partial charge in [0.05, 0.1) is 12.1 Å². The molecule has 2 aromatic rings. The molecule has 0 spiro atoms. The topological polar surface area (TPSA) is 58.0 Å². The first-order chi connectivity index (χ1) is 12.2. The van der Waals surface area contributed by atoms with Crippen molar-refractivity contribution in [2.24, 2.45) is 5.11 Å². The number of halogens is 1. The van der Waals surface area contributed by atoms with Gasteiger partial charge in [0.1, 0.15) is 0 Å². The van der Waals surface area contributed by atoms with E-state index in [-0.39, 0.29) is 11.1 Å². The van der Waals surface area contributed by atoms with Gasteiger partial charge in [-0.1, -0.05) is 80.0 Å². The predicted octanol–water partition coefficient (Wildman–Crippen LogP) is 7.45. The van der Waals surface area contributed by atoms with E-state index in [1.54, 1.807) is 0 Å². The van der Waals surface area contributed by atoms with Crippen molar-refractivity contribution < 1.29 is 4.43 Å². The summed E-state index contributed by atoms with van der Waals surface area (Å²) in [5.74, 6) is 0. The molecule has 6 heteroatoms. The summed E-state index contributed by atoms with van der Waals surface area (Å²) >= 11 is 6.18. The molecule has 4 nitrogen and oxygen atoms in total. The van der Waals surface area contributed by atoms with Gasteiger partial charge >= 0.3 is 0 Å². The molecule has 2 rings (SSSR count). The van der Waals surface area contributed by atoms with Gasteiger partial charge in [0, 0.05) is 9.93 Å². The van der Waals surface area contributed by atoms with Crippen LogP contribution in [0.4, 0.5) is 0 Å². The van der Waals surface area contributed by atoms with Crippen LogP contribution < -0.4 is 0 Å². The van der Waals surface area contributed by atoms with E-state index in [0.29, 0.717) is 5.02 Å². The van der Waals surface area contributed by atoms with Gasteiger partial charge in [0.25, 0.3) is 0 Å². The molecule has 138 valence electrons. The molecule has 0 unspecified atom stereocenters. The Bertz CT molecular complexity index is 783. The minimum absolute atomic E-state index is 0.0370. The van der Waals surface area contributed by atoms with Crippen LogP contribution in [0.1, 0.15) is 44.0 Å². The lowest BCUT2D eigenvalue weighted by atomic mass is 9.96. The summed E-state index contributed by atoms with van der Waals surface area (Å²) in [7, 11) is -2.11. The molecule has 0 aliphatic carbocycles. The number of nitrogens with zero attached hydrogens (tertiary/aromatic N) is 3. The third-order valence-corrected chi connectivity index (χ3v) is 9.70. The molecular weight excluding hydrogens is 362 g/mol. The van der Waals surface area contributed by atoms with Crippen molar-refractivity contribution in [3.63, 3.8) is 0 Å². The summed E-state index contributed by atoms with van der Waals surface area (Å²) in [6.45, 7) is 11.0. The van der Waals surface area contributed by atoms with Gasteiger partial charge in [-0.2, -0.15) is 0 Å². The van der Waals surface area contributed by atoms with Gasteiger partial charge in [-0.15, -0.1) is 0 Å². The van der Waals surface area contributed by atoms with Crippen LogP contribution in [-0.4, -0.2) is 8.32 Å². The summed E-state index contributed by atoms with van der Waals surface area (Å²) < 4.78 is 6.73. The van der Waals surface area contributed by atoms with E-state index < -0.39 is 14.4 Å². The molecule has 0 saturated heterocycles. The Morgan fingerprint density at radius 1 is 1.04 bits per heavy atom. The number of hydrogen-bond donors (Lipinski definition) is 0. The lowest BCUT2D eigenvalue weighted by molar-refractivity contribution is 0.154. The highest BCUT2D eigenvalue weighted by Gasteiger charge is 2.41. The van der Waals surface area contributed by atoms with E-state index in [1.807, 2.05) is 54.6 Å². The van der Waals surface area contributed by atoms with Crippen LogP contribution in [0.5, 0.6) is 0 Å². The summed E-state index contributed by atoms with van der Waals surface area (Å²) in [4.78, 5) is 3.10. The lowest BCUT2D eigenvalue weighted by Crippen LogP contribution is -2.42. The molecule has 0 amide bonds. The third-order valence-electron chi connectivity index (χ3n) is 5.01. The summed E-state index contributed by atoms with van der Waals surface area (Å²) in [5.41, 5.74) is 11.0. The highest BCUT2D eigenvalue weighted by molar-refractivity contribution is 6.74. The van der Waals surface area contributed by atoms with Crippen LogP contribution in [0.15, 0.2) is 59.7 Å². The maximum atomic E-state index is 9.20. The highest BCUT2D eigenvalue weighted by Crippen LogP contribution is 2.44. The normalized spacial score (nSPS) is 14.4. The van der Waals surface area contributed by atoms with E-state index in [2.05, 4.69) is 43.9 Å². The first kappa shape index (κ1) is 20.5. The van der Waals surface area contributed by atoms with E-state index in [0.717, 1.165) is 11.1 Å². The molecule has 2 aromatic carbocycles. The van der Waals surface area contributed by atoms with Gasteiger partial charge in [-0.25, -0.2) is 0 Å². The first-order valence-corrected chi connectivity index (χ1v) is 12.0. The first-order valence-electron chi connectivity index (χ1n) is 8.68. The Morgan fingerprint density at radius 3 is 2.19 bits per heavy atom. The van der Waals surface area contributed by atoms with Crippen LogP contribution in [0.25, 0.3) is 10.4 Å². The summed E-state index contributed by atoms with van der Waals surface area (Å²) in [6, 6.07) is 16.9. The Labute approximate surface area is 161 Å². The largest absolute Gasteiger partial charge is 0.409 e. The monoisotopic (exact) mass is 387 g/mol. The molecule has 0 N–H and O–H groups in total. The van der Waals surface area contributed by atoms with Crippen molar-refractivity contribution in [2.45, 2.75) is 51.0 Å². The van der Waals surface area contributed by atoms with Gasteiger partial charge in [0.2, 0.25) is 0 Å². The van der Waals surface area contributed by atoms with Crippen molar-refractivity contribution >= 4 is 19.9 Å². The second-order valence-corrected chi connectivity index (χ2v) is 13.1. The zero-order chi connectivity index (χ0) is 19.4. The minimum atomic E-state index is -2.11. The van der Waals surface area contributed by atoms with Crippen molar-refractivity contribution in [3.05, 3.63) is 81.2 Å². The van der Waals surface area contributed by atoms with Crippen molar-refractivity contribution in [1.82, 2.24) is 0 Å². The van der Waals surface area contributed by atoms with Crippen LogP contribution in [0.3, 0.4) is 0 Å². The zero-order valence-corrected chi connectivity index (χ0v) is 17.7. The van der Waals surface area contributed by atoms with E-state index in [4.69, 9.17) is 16.0 Å². The fraction of sp³-hybridized carbons (Fsp3) is 0.400. The molecule has 0 fully saturated rings. The summed E-state index contributed by atoms with van der Waals surface area (Å²) in [5, 5.41) is 4.75. The molecule has 0 heterocycles. The van der Waals surface area contributed by atoms with Crippen molar-refractivity contribution in [2.75, 3.05) is 0 Å². The second-order valence-electron chi connectivity index (χ2n) is 7.91. The SMILES string of the molecule is CC(C)(C)[Si](C)(C)O[C@@H](c1ccccc1)[C@H](N=[N+]=[N-])c1cccc(Cl)c1. The zero-order valence-electron chi connectivity index (χ0n) is 16.0. The second kappa shape index (κ2) is 8.27. The van der Waals surface area contributed by atoms with Gasteiger partial charge in [-0.3, -0.25) is 0 Å².